The standard InChI is InChI=1S/C25H31N5O3/c1-18-9-10-23(33-18)25(32)29-13-11-28(12-14-29)17-24(31)26-15-22-19(2)27-30(20(22)3)16-21-7-5-4-6-8-21/h4-10H,11-17H2,1-3H3,(H,26,31). The van der Waals surface area contributed by atoms with Gasteiger partial charge in [0.15, 0.2) is 5.76 Å². The molecule has 2 amide bonds. The first-order chi connectivity index (χ1) is 15.9. The third-order valence-electron chi connectivity index (χ3n) is 6.15. The molecule has 0 aliphatic carbocycles. The van der Waals surface area contributed by atoms with Crippen molar-refractivity contribution in [3.8, 4) is 0 Å². The van der Waals surface area contributed by atoms with E-state index >= 15 is 0 Å². The van der Waals surface area contributed by atoms with Gasteiger partial charge >= 0.3 is 0 Å². The van der Waals surface area contributed by atoms with Gasteiger partial charge in [0.25, 0.3) is 5.91 Å². The summed E-state index contributed by atoms with van der Waals surface area (Å²) in [6.07, 6.45) is 0. The number of nitrogens with one attached hydrogen (secondary N) is 1. The number of aryl methyl sites for hydroxylation is 2. The van der Waals surface area contributed by atoms with Gasteiger partial charge in [-0.05, 0) is 38.5 Å². The zero-order valence-electron chi connectivity index (χ0n) is 19.5. The fraction of sp³-hybridized carbons (Fsp3) is 0.400. The van der Waals surface area contributed by atoms with Gasteiger partial charge in [-0.15, -0.1) is 0 Å². The molecule has 1 saturated heterocycles. The number of nitrogens with zero attached hydrogens (tertiary/aromatic N) is 4. The second-order valence-electron chi connectivity index (χ2n) is 8.55. The van der Waals surface area contributed by atoms with Crippen molar-refractivity contribution in [3.05, 3.63) is 76.5 Å². The molecule has 0 saturated carbocycles. The van der Waals surface area contributed by atoms with Crippen molar-refractivity contribution in [1.29, 1.82) is 0 Å². The highest BCUT2D eigenvalue weighted by Gasteiger charge is 2.25. The van der Waals surface area contributed by atoms with Crippen molar-refractivity contribution < 1.29 is 14.0 Å². The second-order valence-corrected chi connectivity index (χ2v) is 8.55. The number of carbonyl (C=O) groups excluding carboxylic acids is 2. The number of aromatic nitrogens is 2. The van der Waals surface area contributed by atoms with Crippen LogP contribution in [-0.4, -0.2) is 64.1 Å². The van der Waals surface area contributed by atoms with Crippen LogP contribution in [0.4, 0.5) is 0 Å². The number of carbonyl (C=O) groups is 2. The largest absolute Gasteiger partial charge is 0.456 e. The fourth-order valence-electron chi connectivity index (χ4n) is 4.16. The molecule has 0 spiro atoms. The molecule has 174 valence electrons. The molecule has 4 rings (SSSR count). The number of piperazine rings is 1. The maximum absolute atomic E-state index is 12.6. The van der Waals surface area contributed by atoms with Gasteiger partial charge in [0, 0.05) is 44.0 Å². The van der Waals surface area contributed by atoms with Crippen molar-refractivity contribution in [2.24, 2.45) is 0 Å². The summed E-state index contributed by atoms with van der Waals surface area (Å²) in [5.74, 6) is 0.985. The smallest absolute Gasteiger partial charge is 0.289 e. The molecule has 2 aromatic heterocycles. The van der Waals surface area contributed by atoms with Crippen molar-refractivity contribution in [2.45, 2.75) is 33.9 Å². The number of benzene rings is 1. The number of hydrogen-bond donors (Lipinski definition) is 1. The number of amides is 2. The molecule has 3 aromatic rings. The summed E-state index contributed by atoms with van der Waals surface area (Å²) in [4.78, 5) is 28.9. The molecule has 0 atom stereocenters. The van der Waals surface area contributed by atoms with Crippen LogP contribution in [0.2, 0.25) is 0 Å². The van der Waals surface area contributed by atoms with Crippen LogP contribution in [0, 0.1) is 20.8 Å². The third kappa shape index (κ3) is 5.51. The minimum Gasteiger partial charge on any atom is -0.456 e. The van der Waals surface area contributed by atoms with Crippen LogP contribution in [0.3, 0.4) is 0 Å². The SMILES string of the molecule is Cc1ccc(C(=O)N2CCN(CC(=O)NCc3c(C)nn(Cc4ccccc4)c3C)CC2)o1. The first kappa shape index (κ1) is 22.8. The summed E-state index contributed by atoms with van der Waals surface area (Å²) in [6.45, 7) is 9.81. The molecule has 8 heteroatoms. The van der Waals surface area contributed by atoms with E-state index in [-0.39, 0.29) is 11.8 Å². The van der Waals surface area contributed by atoms with Gasteiger partial charge in [0.2, 0.25) is 5.91 Å². The zero-order chi connectivity index (χ0) is 23.4. The molecule has 1 aliphatic rings. The highest BCUT2D eigenvalue weighted by Crippen LogP contribution is 2.15. The first-order valence-corrected chi connectivity index (χ1v) is 11.3. The van der Waals surface area contributed by atoms with Gasteiger partial charge in [-0.2, -0.15) is 5.10 Å². The van der Waals surface area contributed by atoms with E-state index in [1.165, 1.54) is 5.56 Å². The summed E-state index contributed by atoms with van der Waals surface area (Å²) < 4.78 is 7.43. The Morgan fingerprint density at radius 2 is 1.73 bits per heavy atom. The molecule has 0 radical (unpaired) electrons. The van der Waals surface area contributed by atoms with Gasteiger partial charge in [0.05, 0.1) is 18.8 Å². The third-order valence-corrected chi connectivity index (χ3v) is 6.15. The molecule has 8 nitrogen and oxygen atoms in total. The van der Waals surface area contributed by atoms with Crippen molar-refractivity contribution >= 4 is 11.8 Å². The lowest BCUT2D eigenvalue weighted by atomic mass is 10.2. The van der Waals surface area contributed by atoms with E-state index in [2.05, 4.69) is 27.4 Å². The lowest BCUT2D eigenvalue weighted by Crippen LogP contribution is -2.51. The number of rotatable bonds is 7. The molecular formula is C25H31N5O3. The molecular weight excluding hydrogens is 418 g/mol. The van der Waals surface area contributed by atoms with E-state index in [0.29, 0.717) is 51.6 Å². The zero-order valence-corrected chi connectivity index (χ0v) is 19.5. The maximum atomic E-state index is 12.6. The quantitative estimate of drug-likeness (QED) is 0.599. The predicted molar refractivity (Wildman–Crippen MR) is 125 cm³/mol. The van der Waals surface area contributed by atoms with E-state index in [4.69, 9.17) is 4.42 Å². The van der Waals surface area contributed by atoms with Gasteiger partial charge < -0.3 is 14.6 Å². The fourth-order valence-corrected chi connectivity index (χ4v) is 4.16. The Balaban J connectivity index is 1.25. The van der Waals surface area contributed by atoms with Crippen molar-refractivity contribution in [1.82, 2.24) is 24.9 Å². The Hall–Kier alpha value is -3.39. The summed E-state index contributed by atoms with van der Waals surface area (Å²) >= 11 is 0. The van der Waals surface area contributed by atoms with E-state index in [1.807, 2.05) is 43.7 Å². The first-order valence-electron chi connectivity index (χ1n) is 11.3. The van der Waals surface area contributed by atoms with Gasteiger partial charge in [-0.1, -0.05) is 30.3 Å². The molecule has 1 fully saturated rings. The predicted octanol–water partition coefficient (Wildman–Crippen LogP) is 2.52. The number of hydrogen-bond acceptors (Lipinski definition) is 5. The van der Waals surface area contributed by atoms with E-state index in [1.54, 1.807) is 17.0 Å². The van der Waals surface area contributed by atoms with E-state index < -0.39 is 0 Å². The van der Waals surface area contributed by atoms with Crippen LogP contribution in [-0.2, 0) is 17.9 Å². The Morgan fingerprint density at radius 1 is 1.00 bits per heavy atom. The molecule has 1 N–H and O–H groups in total. The lowest BCUT2D eigenvalue weighted by Gasteiger charge is -2.33. The molecule has 0 unspecified atom stereocenters. The summed E-state index contributed by atoms with van der Waals surface area (Å²) in [6, 6.07) is 13.7. The van der Waals surface area contributed by atoms with Crippen LogP contribution >= 0.6 is 0 Å². The van der Waals surface area contributed by atoms with Gasteiger partial charge in [-0.3, -0.25) is 19.2 Å². The van der Waals surface area contributed by atoms with E-state index in [0.717, 1.165) is 22.7 Å². The van der Waals surface area contributed by atoms with Crippen LogP contribution in [0.25, 0.3) is 0 Å². The molecule has 3 heterocycles. The Bertz CT molecular complexity index is 1110. The molecule has 0 bridgehead atoms. The maximum Gasteiger partial charge on any atom is 0.289 e. The van der Waals surface area contributed by atoms with Crippen LogP contribution in [0.15, 0.2) is 46.9 Å². The Labute approximate surface area is 194 Å². The summed E-state index contributed by atoms with van der Waals surface area (Å²) in [5.41, 5.74) is 4.25. The lowest BCUT2D eigenvalue weighted by molar-refractivity contribution is -0.122. The highest BCUT2D eigenvalue weighted by molar-refractivity contribution is 5.91. The van der Waals surface area contributed by atoms with E-state index in [9.17, 15) is 9.59 Å². The monoisotopic (exact) mass is 449 g/mol. The average Bonchev–Trinajstić information content (AvgIpc) is 3.36. The van der Waals surface area contributed by atoms with Crippen LogP contribution in [0.5, 0.6) is 0 Å². The molecule has 33 heavy (non-hydrogen) atoms. The van der Waals surface area contributed by atoms with Gasteiger partial charge in [-0.25, -0.2) is 0 Å². The average molecular weight is 450 g/mol. The summed E-state index contributed by atoms with van der Waals surface area (Å²) in [7, 11) is 0. The molecule has 1 aromatic carbocycles. The van der Waals surface area contributed by atoms with Gasteiger partial charge in [0.1, 0.15) is 5.76 Å². The topological polar surface area (TPSA) is 83.6 Å². The summed E-state index contributed by atoms with van der Waals surface area (Å²) in [5, 5.41) is 7.70. The van der Waals surface area contributed by atoms with Crippen LogP contribution < -0.4 is 5.32 Å². The minimum absolute atomic E-state index is 0.0222. The minimum atomic E-state index is -0.0920. The normalized spacial score (nSPS) is 14.5. The van der Waals surface area contributed by atoms with Crippen LogP contribution in [0.1, 0.15) is 38.8 Å². The van der Waals surface area contributed by atoms with Crippen molar-refractivity contribution in [2.75, 3.05) is 32.7 Å². The highest BCUT2D eigenvalue weighted by atomic mass is 16.3. The van der Waals surface area contributed by atoms with Crippen molar-refractivity contribution in [3.63, 3.8) is 0 Å². The number of furan rings is 1. The molecule has 1 aliphatic heterocycles. The Kier molecular flexibility index (Phi) is 6.93. The second kappa shape index (κ2) is 10.0. The Morgan fingerprint density at radius 3 is 2.39 bits per heavy atom.